The Morgan fingerprint density at radius 2 is 2.12 bits per heavy atom. The highest BCUT2D eigenvalue weighted by molar-refractivity contribution is 7.13. The van der Waals surface area contributed by atoms with Gasteiger partial charge in [-0.1, -0.05) is 18.5 Å². The number of amides is 1. The first-order valence-electron chi connectivity index (χ1n) is 8.31. The molecule has 0 fully saturated rings. The Bertz CT molecular complexity index is 738. The van der Waals surface area contributed by atoms with Crippen molar-refractivity contribution in [3.05, 3.63) is 33.1 Å². The molecule has 1 atom stereocenters. The molecule has 2 N–H and O–H groups in total. The van der Waals surface area contributed by atoms with Crippen molar-refractivity contribution < 1.29 is 18.8 Å². The van der Waals surface area contributed by atoms with E-state index in [4.69, 9.17) is 15.0 Å². The third kappa shape index (κ3) is 5.12. The highest BCUT2D eigenvalue weighted by Crippen LogP contribution is 2.21. The summed E-state index contributed by atoms with van der Waals surface area (Å²) in [4.78, 5) is 27.5. The molecule has 0 radical (unpaired) electrons. The summed E-state index contributed by atoms with van der Waals surface area (Å²) in [5, 5.41) is 4.96. The highest BCUT2D eigenvalue weighted by Gasteiger charge is 2.19. The second-order valence-corrected chi connectivity index (χ2v) is 6.95. The molecule has 2 heterocycles. The molecular formula is C17H23N3O4S. The maximum absolute atomic E-state index is 11.9. The quantitative estimate of drug-likeness (QED) is 0.684. The number of thiazole rings is 1. The molecule has 2 aromatic rings. The molecular weight excluding hydrogens is 342 g/mol. The van der Waals surface area contributed by atoms with Crippen molar-refractivity contribution in [2.45, 2.75) is 59.0 Å². The van der Waals surface area contributed by atoms with Crippen LogP contribution in [-0.4, -0.2) is 28.1 Å². The van der Waals surface area contributed by atoms with E-state index in [0.29, 0.717) is 11.3 Å². The van der Waals surface area contributed by atoms with Gasteiger partial charge in [-0.05, 0) is 33.1 Å². The van der Waals surface area contributed by atoms with Crippen LogP contribution in [0.5, 0.6) is 0 Å². The van der Waals surface area contributed by atoms with Crippen molar-refractivity contribution in [1.29, 1.82) is 0 Å². The minimum absolute atomic E-state index is 0.358. The Hall–Kier alpha value is -2.22. The third-order valence-electron chi connectivity index (χ3n) is 3.86. The predicted octanol–water partition coefficient (Wildman–Crippen LogP) is 2.60. The number of esters is 1. The topological polar surface area (TPSA) is 108 Å². The van der Waals surface area contributed by atoms with Gasteiger partial charge in [0, 0.05) is 12.0 Å². The number of aryl methyl sites for hydroxylation is 3. The Morgan fingerprint density at radius 3 is 2.80 bits per heavy atom. The van der Waals surface area contributed by atoms with E-state index in [2.05, 4.69) is 17.1 Å². The average molecular weight is 365 g/mol. The maximum atomic E-state index is 11.9. The van der Waals surface area contributed by atoms with E-state index in [-0.39, 0.29) is 0 Å². The molecule has 136 valence electrons. The lowest BCUT2D eigenvalue weighted by Gasteiger charge is -2.07. The summed E-state index contributed by atoms with van der Waals surface area (Å²) >= 11 is 1.26. The number of primary amides is 1. The van der Waals surface area contributed by atoms with Crippen molar-refractivity contribution in [3.63, 3.8) is 0 Å². The highest BCUT2D eigenvalue weighted by atomic mass is 32.1. The molecule has 2 aromatic heterocycles. The molecule has 0 saturated heterocycles. The smallest absolute Gasteiger partial charge is 0.350 e. The summed E-state index contributed by atoms with van der Waals surface area (Å²) < 4.78 is 10.3. The second-order valence-electron chi connectivity index (χ2n) is 5.84. The lowest BCUT2D eigenvalue weighted by atomic mass is 10.0. The number of unbranched alkanes of at least 4 members (excludes halogenated alkanes) is 1. The summed E-state index contributed by atoms with van der Waals surface area (Å²) in [5.41, 5.74) is 7.22. The molecule has 0 unspecified atom stereocenters. The molecule has 0 saturated carbocycles. The fourth-order valence-corrected chi connectivity index (χ4v) is 3.13. The summed E-state index contributed by atoms with van der Waals surface area (Å²) in [5.74, 6) is -0.432. The van der Waals surface area contributed by atoms with Crippen LogP contribution in [0.15, 0.2) is 10.7 Å². The largest absolute Gasteiger partial charge is 0.448 e. The van der Waals surface area contributed by atoms with E-state index in [1.165, 1.54) is 24.5 Å². The van der Waals surface area contributed by atoms with E-state index in [0.717, 1.165) is 47.7 Å². The van der Waals surface area contributed by atoms with E-state index in [1.807, 2.05) is 6.92 Å². The number of nitrogens with two attached hydrogens (primary N) is 1. The van der Waals surface area contributed by atoms with E-state index in [9.17, 15) is 9.59 Å². The fourth-order valence-electron chi connectivity index (χ4n) is 2.33. The first-order chi connectivity index (χ1) is 11.9. The van der Waals surface area contributed by atoms with E-state index >= 15 is 0 Å². The predicted molar refractivity (Wildman–Crippen MR) is 93.4 cm³/mol. The fraction of sp³-hybridized carbons (Fsp3) is 0.529. The standard InChI is InChI=1S/C17H23N3O4S/c1-4-5-6-13-12(10(2)24-20-13)7-8-15-19-9-14(25-15)17(22)23-11(3)16(18)21/h9,11H,4-8H2,1-3H3,(H2,18,21)/t11-/m0/s1. The van der Waals surface area contributed by atoms with Crippen molar-refractivity contribution in [1.82, 2.24) is 10.1 Å². The van der Waals surface area contributed by atoms with Crippen molar-refractivity contribution >= 4 is 23.2 Å². The number of carbonyl (C=O) groups is 2. The number of hydrogen-bond donors (Lipinski definition) is 1. The zero-order valence-corrected chi connectivity index (χ0v) is 15.5. The number of nitrogens with zero attached hydrogens (tertiary/aromatic N) is 2. The molecule has 0 bridgehead atoms. The van der Waals surface area contributed by atoms with Crippen LogP contribution in [0.3, 0.4) is 0 Å². The normalized spacial score (nSPS) is 12.1. The van der Waals surface area contributed by atoms with Gasteiger partial charge in [0.1, 0.15) is 10.6 Å². The summed E-state index contributed by atoms with van der Waals surface area (Å²) in [6.45, 7) is 5.49. The molecule has 8 heteroatoms. The van der Waals surface area contributed by atoms with E-state index in [1.54, 1.807) is 0 Å². The molecule has 0 aliphatic heterocycles. The summed E-state index contributed by atoms with van der Waals surface area (Å²) in [6, 6.07) is 0. The number of ether oxygens (including phenoxy) is 1. The van der Waals surface area contributed by atoms with Gasteiger partial charge < -0.3 is 15.0 Å². The van der Waals surface area contributed by atoms with Crippen LogP contribution in [0.2, 0.25) is 0 Å². The second kappa shape index (κ2) is 8.75. The first kappa shape index (κ1) is 19.1. The van der Waals surface area contributed by atoms with Gasteiger partial charge in [0.05, 0.1) is 16.9 Å². The molecule has 0 aliphatic carbocycles. The average Bonchev–Trinajstić information content (AvgIpc) is 3.18. The number of carbonyl (C=O) groups excluding carboxylic acids is 2. The van der Waals surface area contributed by atoms with Crippen LogP contribution >= 0.6 is 11.3 Å². The summed E-state index contributed by atoms with van der Waals surface area (Å²) in [6.07, 6.45) is 5.03. The van der Waals surface area contributed by atoms with Crippen LogP contribution in [0.25, 0.3) is 0 Å². The maximum Gasteiger partial charge on any atom is 0.350 e. The first-order valence-corrected chi connectivity index (χ1v) is 9.13. The molecule has 0 aliphatic rings. The Balaban J connectivity index is 1.97. The number of rotatable bonds is 9. The van der Waals surface area contributed by atoms with Crippen molar-refractivity contribution in [2.75, 3.05) is 0 Å². The Kier molecular flexibility index (Phi) is 6.69. The third-order valence-corrected chi connectivity index (χ3v) is 4.90. The van der Waals surface area contributed by atoms with Crippen LogP contribution < -0.4 is 5.73 Å². The van der Waals surface area contributed by atoms with Gasteiger partial charge in [0.2, 0.25) is 0 Å². The molecule has 0 spiro atoms. The van der Waals surface area contributed by atoms with Crippen LogP contribution in [-0.2, 0) is 28.8 Å². The molecule has 1 amide bonds. The lowest BCUT2D eigenvalue weighted by Crippen LogP contribution is -2.30. The van der Waals surface area contributed by atoms with Gasteiger partial charge in [-0.2, -0.15) is 0 Å². The van der Waals surface area contributed by atoms with Gasteiger partial charge in [0.15, 0.2) is 6.10 Å². The van der Waals surface area contributed by atoms with E-state index < -0.39 is 18.0 Å². The zero-order chi connectivity index (χ0) is 18.4. The number of hydrogen-bond acceptors (Lipinski definition) is 7. The SMILES string of the molecule is CCCCc1noc(C)c1CCc1ncc(C(=O)O[C@@H](C)C(N)=O)s1. The van der Waals surface area contributed by atoms with Crippen molar-refractivity contribution in [3.8, 4) is 0 Å². The van der Waals surface area contributed by atoms with Crippen LogP contribution in [0.1, 0.15) is 58.4 Å². The lowest BCUT2D eigenvalue weighted by molar-refractivity contribution is -0.125. The van der Waals surface area contributed by atoms with Crippen molar-refractivity contribution in [2.24, 2.45) is 5.73 Å². The summed E-state index contributed by atoms with van der Waals surface area (Å²) in [7, 11) is 0. The van der Waals surface area contributed by atoms with Gasteiger partial charge in [-0.15, -0.1) is 11.3 Å². The molecule has 25 heavy (non-hydrogen) atoms. The molecule has 0 aromatic carbocycles. The van der Waals surface area contributed by atoms with Gasteiger partial charge in [-0.25, -0.2) is 9.78 Å². The Labute approximate surface area is 150 Å². The van der Waals surface area contributed by atoms with Gasteiger partial charge in [-0.3, -0.25) is 4.79 Å². The monoisotopic (exact) mass is 365 g/mol. The van der Waals surface area contributed by atoms with Crippen LogP contribution in [0, 0.1) is 6.92 Å². The zero-order valence-electron chi connectivity index (χ0n) is 14.7. The minimum Gasteiger partial charge on any atom is -0.448 e. The van der Waals surface area contributed by atoms with Crippen LogP contribution in [0.4, 0.5) is 0 Å². The number of aromatic nitrogens is 2. The molecule has 7 nitrogen and oxygen atoms in total. The van der Waals surface area contributed by atoms with Gasteiger partial charge in [0.25, 0.3) is 5.91 Å². The Morgan fingerprint density at radius 1 is 1.36 bits per heavy atom. The molecule has 2 rings (SSSR count). The van der Waals surface area contributed by atoms with Gasteiger partial charge >= 0.3 is 5.97 Å². The minimum atomic E-state index is -0.959.